The highest BCUT2D eigenvalue weighted by Gasteiger charge is 2.18. The van der Waals surface area contributed by atoms with Crippen molar-refractivity contribution in [3.63, 3.8) is 0 Å². The molecule has 358 valence electrons. The van der Waals surface area contributed by atoms with Crippen LogP contribution >= 0.6 is 0 Å². The van der Waals surface area contributed by atoms with E-state index in [1.54, 1.807) is 6.08 Å². The van der Waals surface area contributed by atoms with Crippen molar-refractivity contribution in [3.8, 4) is 0 Å². The molecule has 0 rings (SSSR count). The van der Waals surface area contributed by atoms with Gasteiger partial charge in [0, 0.05) is 12.8 Å². The highest BCUT2D eigenvalue weighted by Crippen LogP contribution is 2.16. The van der Waals surface area contributed by atoms with Gasteiger partial charge in [0.05, 0.1) is 25.4 Å². The summed E-state index contributed by atoms with van der Waals surface area (Å²) in [7, 11) is 0. The van der Waals surface area contributed by atoms with E-state index in [1.165, 1.54) is 193 Å². The Balaban J connectivity index is 3.46. The molecule has 0 heterocycles. The molecule has 0 radical (unpaired) electrons. The van der Waals surface area contributed by atoms with E-state index in [2.05, 4.69) is 43.5 Å². The molecule has 6 heteroatoms. The molecule has 0 aromatic carbocycles. The van der Waals surface area contributed by atoms with Gasteiger partial charge in [-0.2, -0.15) is 0 Å². The molecule has 0 saturated carbocycles. The van der Waals surface area contributed by atoms with E-state index in [0.29, 0.717) is 19.4 Å². The second-order valence-corrected chi connectivity index (χ2v) is 18.2. The van der Waals surface area contributed by atoms with Crippen molar-refractivity contribution in [3.05, 3.63) is 36.5 Å². The van der Waals surface area contributed by atoms with Crippen LogP contribution in [0.4, 0.5) is 0 Å². The number of esters is 1. The van der Waals surface area contributed by atoms with Gasteiger partial charge in [-0.3, -0.25) is 9.59 Å². The number of hydrogen-bond donors (Lipinski definition) is 3. The topological polar surface area (TPSA) is 95.9 Å². The number of ether oxygens (including phenoxy) is 1. The second kappa shape index (κ2) is 50.7. The third kappa shape index (κ3) is 47.4. The number of allylic oxidation sites excluding steroid dienone is 5. The third-order valence-electron chi connectivity index (χ3n) is 12.2. The molecule has 3 N–H and O–H groups in total. The number of carbonyl (C=O) groups is 2. The number of nitrogens with one attached hydrogen (secondary N) is 1. The maximum Gasteiger partial charge on any atom is 0.305 e. The molecule has 0 aliphatic carbocycles. The van der Waals surface area contributed by atoms with Crippen molar-refractivity contribution >= 4 is 11.9 Å². The fourth-order valence-electron chi connectivity index (χ4n) is 8.00. The van der Waals surface area contributed by atoms with Gasteiger partial charge in [0.1, 0.15) is 0 Å². The molecule has 6 nitrogen and oxygen atoms in total. The van der Waals surface area contributed by atoms with E-state index >= 15 is 0 Å². The molecule has 0 aliphatic heterocycles. The summed E-state index contributed by atoms with van der Waals surface area (Å²) in [6.45, 7) is 4.84. The summed E-state index contributed by atoms with van der Waals surface area (Å²) >= 11 is 0. The van der Waals surface area contributed by atoms with E-state index in [1.807, 2.05) is 6.08 Å². The lowest BCUT2D eigenvalue weighted by atomic mass is 10.0. The first-order valence-corrected chi connectivity index (χ1v) is 26.8. The van der Waals surface area contributed by atoms with Gasteiger partial charge in [-0.25, -0.2) is 0 Å². The number of hydrogen-bond acceptors (Lipinski definition) is 5. The van der Waals surface area contributed by atoms with Gasteiger partial charge in [-0.1, -0.05) is 243 Å². The van der Waals surface area contributed by atoms with Crippen LogP contribution in [0.3, 0.4) is 0 Å². The third-order valence-corrected chi connectivity index (χ3v) is 12.2. The van der Waals surface area contributed by atoms with Crippen molar-refractivity contribution in [1.82, 2.24) is 5.32 Å². The van der Waals surface area contributed by atoms with E-state index in [0.717, 1.165) is 57.8 Å². The maximum absolute atomic E-state index is 12.4. The standard InChI is InChI=1S/C55H103NO5/c1-3-5-7-9-11-13-15-17-23-27-31-35-39-43-47-53(58)52(51-57)56-54(59)48-44-40-36-32-28-24-21-19-20-22-26-30-34-38-42-46-50-61-55(60)49-45-41-37-33-29-25-18-16-14-12-10-8-6-4-2/h10,12,16,18,43,47,52-53,57-58H,3-9,11,13-15,17,19-42,44-46,48-51H2,1-2H3,(H,56,59)/b12-10-,18-16-,47-43+. The quantitative estimate of drug-likeness (QED) is 0.0322. The molecule has 0 aliphatic rings. The minimum atomic E-state index is -0.849. The zero-order chi connectivity index (χ0) is 44.4. The highest BCUT2D eigenvalue weighted by molar-refractivity contribution is 5.76. The van der Waals surface area contributed by atoms with Crippen molar-refractivity contribution in [2.45, 2.75) is 289 Å². The van der Waals surface area contributed by atoms with E-state index < -0.39 is 12.1 Å². The Labute approximate surface area is 379 Å². The monoisotopic (exact) mass is 858 g/mol. The predicted octanol–water partition coefficient (Wildman–Crippen LogP) is 16.1. The van der Waals surface area contributed by atoms with Gasteiger partial charge in [0.25, 0.3) is 0 Å². The minimum Gasteiger partial charge on any atom is -0.466 e. The van der Waals surface area contributed by atoms with Crippen LogP contribution in [0.2, 0.25) is 0 Å². The van der Waals surface area contributed by atoms with Gasteiger partial charge in [-0.05, 0) is 57.8 Å². The van der Waals surface area contributed by atoms with Crippen LogP contribution in [0, 0.1) is 0 Å². The molecule has 0 saturated heterocycles. The molecular weight excluding hydrogens is 755 g/mol. The van der Waals surface area contributed by atoms with Crippen LogP contribution in [0.1, 0.15) is 277 Å². The summed E-state index contributed by atoms with van der Waals surface area (Å²) in [4.78, 5) is 24.4. The summed E-state index contributed by atoms with van der Waals surface area (Å²) in [5.74, 6) is -0.0885. The molecule has 0 aromatic heterocycles. The summed E-state index contributed by atoms with van der Waals surface area (Å²) in [5.41, 5.74) is 0. The zero-order valence-corrected chi connectivity index (χ0v) is 40.6. The van der Waals surface area contributed by atoms with Crippen molar-refractivity contribution in [2.24, 2.45) is 0 Å². The molecule has 0 fully saturated rings. The minimum absolute atomic E-state index is 0.0129. The largest absolute Gasteiger partial charge is 0.466 e. The molecule has 0 aromatic rings. The fourth-order valence-corrected chi connectivity index (χ4v) is 8.00. The number of amides is 1. The normalized spacial score (nSPS) is 12.9. The molecule has 1 amide bonds. The number of aliphatic hydroxyl groups is 2. The van der Waals surface area contributed by atoms with Crippen LogP contribution in [-0.4, -0.2) is 47.4 Å². The number of aliphatic hydroxyl groups excluding tert-OH is 2. The van der Waals surface area contributed by atoms with Gasteiger partial charge in [0.2, 0.25) is 5.91 Å². The predicted molar refractivity (Wildman–Crippen MR) is 264 cm³/mol. The van der Waals surface area contributed by atoms with Crippen LogP contribution in [0.15, 0.2) is 36.5 Å². The van der Waals surface area contributed by atoms with Gasteiger partial charge >= 0.3 is 5.97 Å². The Morgan fingerprint density at radius 2 is 0.836 bits per heavy atom. The SMILES string of the molecule is CCCC/C=C\C/C=C\CCCCCCCC(=O)OCCCCCCCCCCCCCCCCCCC(=O)NC(CO)C(O)/C=C/CCCCCCCCCCCCCC. The fraction of sp³-hybridized carbons (Fsp3) is 0.855. The van der Waals surface area contributed by atoms with E-state index in [9.17, 15) is 19.8 Å². The molecule has 61 heavy (non-hydrogen) atoms. The molecule has 2 atom stereocenters. The van der Waals surface area contributed by atoms with E-state index in [-0.39, 0.29) is 18.5 Å². The summed E-state index contributed by atoms with van der Waals surface area (Å²) in [5, 5.41) is 23.1. The number of carbonyl (C=O) groups excluding carboxylic acids is 2. The van der Waals surface area contributed by atoms with Crippen LogP contribution in [0.5, 0.6) is 0 Å². The first kappa shape index (κ1) is 59.1. The molecule has 0 spiro atoms. The molecule has 2 unspecified atom stereocenters. The average molecular weight is 858 g/mol. The van der Waals surface area contributed by atoms with Crippen LogP contribution in [0.25, 0.3) is 0 Å². The van der Waals surface area contributed by atoms with Gasteiger partial charge in [-0.15, -0.1) is 0 Å². The number of unbranched alkanes of at least 4 members (excludes halogenated alkanes) is 34. The van der Waals surface area contributed by atoms with Crippen molar-refractivity contribution < 1.29 is 24.5 Å². The highest BCUT2D eigenvalue weighted by atomic mass is 16.5. The maximum atomic E-state index is 12.4. The van der Waals surface area contributed by atoms with Crippen LogP contribution < -0.4 is 5.32 Å². The molecule has 0 bridgehead atoms. The average Bonchev–Trinajstić information content (AvgIpc) is 3.26. The summed E-state index contributed by atoms with van der Waals surface area (Å²) in [6, 6.07) is -0.633. The summed E-state index contributed by atoms with van der Waals surface area (Å²) in [6.07, 6.45) is 61.4. The van der Waals surface area contributed by atoms with Crippen molar-refractivity contribution in [2.75, 3.05) is 13.2 Å². The first-order chi connectivity index (χ1) is 30.0. The Kier molecular flexibility index (Phi) is 49.1. The smallest absolute Gasteiger partial charge is 0.305 e. The zero-order valence-electron chi connectivity index (χ0n) is 40.6. The lowest BCUT2D eigenvalue weighted by molar-refractivity contribution is -0.143. The van der Waals surface area contributed by atoms with Crippen LogP contribution in [-0.2, 0) is 14.3 Å². The Morgan fingerprint density at radius 3 is 1.30 bits per heavy atom. The van der Waals surface area contributed by atoms with Crippen molar-refractivity contribution in [1.29, 1.82) is 0 Å². The first-order valence-electron chi connectivity index (χ1n) is 26.8. The lowest BCUT2D eigenvalue weighted by Crippen LogP contribution is -2.45. The molecular formula is C55H103NO5. The summed E-state index contributed by atoms with van der Waals surface area (Å²) < 4.78 is 5.46. The Bertz CT molecular complexity index is 993. The van der Waals surface area contributed by atoms with Gasteiger partial charge < -0.3 is 20.3 Å². The lowest BCUT2D eigenvalue weighted by Gasteiger charge is -2.20. The van der Waals surface area contributed by atoms with E-state index in [4.69, 9.17) is 4.74 Å². The number of rotatable bonds is 49. The van der Waals surface area contributed by atoms with Gasteiger partial charge in [0.15, 0.2) is 0 Å². The Hall–Kier alpha value is -1.92. The Morgan fingerprint density at radius 1 is 0.459 bits per heavy atom. The second-order valence-electron chi connectivity index (χ2n) is 18.2.